The summed E-state index contributed by atoms with van der Waals surface area (Å²) in [4.78, 5) is 41.1. The number of anilines is 2. The SMILES string of the molecule is CC(C)CN(CC(F)F)[C@@H](CNC(=O)c1ccc(Cl)s1)C(=O)Nc1ccc(N2CCOCC2=O)cc1OC(F)F. The minimum atomic E-state index is -3.25. The van der Waals surface area contributed by atoms with Crippen LogP contribution in [0.1, 0.15) is 23.5 Å². The second kappa shape index (κ2) is 14.6. The van der Waals surface area contributed by atoms with Gasteiger partial charge in [0, 0.05) is 31.4 Å². The van der Waals surface area contributed by atoms with Crippen molar-refractivity contribution in [1.82, 2.24) is 10.2 Å². The molecule has 0 aliphatic carbocycles. The number of amides is 3. The summed E-state index contributed by atoms with van der Waals surface area (Å²) in [6.45, 7) is -0.480. The Balaban J connectivity index is 1.88. The van der Waals surface area contributed by atoms with Gasteiger partial charge in [0.05, 0.1) is 28.1 Å². The zero-order valence-electron chi connectivity index (χ0n) is 21.7. The highest BCUT2D eigenvalue weighted by molar-refractivity contribution is 7.18. The maximum Gasteiger partial charge on any atom is 0.387 e. The van der Waals surface area contributed by atoms with Crippen LogP contribution < -0.4 is 20.3 Å². The van der Waals surface area contributed by atoms with Gasteiger partial charge in [-0.15, -0.1) is 11.3 Å². The molecule has 1 aromatic carbocycles. The molecule has 1 aliphatic heterocycles. The molecule has 0 bridgehead atoms. The van der Waals surface area contributed by atoms with E-state index >= 15 is 0 Å². The van der Waals surface area contributed by atoms with Gasteiger partial charge in [0.25, 0.3) is 18.2 Å². The Morgan fingerprint density at radius 2 is 1.93 bits per heavy atom. The summed E-state index contributed by atoms with van der Waals surface area (Å²) in [5.41, 5.74) is 0.0807. The molecule has 1 aliphatic rings. The van der Waals surface area contributed by atoms with Crippen molar-refractivity contribution in [2.75, 3.05) is 49.6 Å². The van der Waals surface area contributed by atoms with Crippen LogP contribution in [0.2, 0.25) is 4.34 Å². The Labute approximate surface area is 237 Å². The number of ether oxygens (including phenoxy) is 2. The molecule has 1 atom stereocenters. The van der Waals surface area contributed by atoms with Crippen LogP contribution in [-0.4, -0.2) is 81.1 Å². The highest BCUT2D eigenvalue weighted by Crippen LogP contribution is 2.32. The van der Waals surface area contributed by atoms with E-state index in [1.807, 2.05) is 0 Å². The number of carbonyl (C=O) groups is 3. The number of hydrogen-bond donors (Lipinski definition) is 2. The van der Waals surface area contributed by atoms with Crippen LogP contribution in [0, 0.1) is 5.92 Å². The number of halogens is 5. The lowest BCUT2D eigenvalue weighted by Crippen LogP contribution is -2.53. The maximum atomic E-state index is 13.5. The van der Waals surface area contributed by atoms with E-state index in [0.717, 1.165) is 11.3 Å². The Morgan fingerprint density at radius 3 is 2.52 bits per heavy atom. The number of nitrogens with one attached hydrogen (secondary N) is 2. The molecule has 15 heteroatoms. The van der Waals surface area contributed by atoms with Gasteiger partial charge in [-0.1, -0.05) is 25.4 Å². The van der Waals surface area contributed by atoms with E-state index in [2.05, 4.69) is 15.4 Å². The third-order valence-electron chi connectivity index (χ3n) is 5.71. The first kappa shape index (κ1) is 31.6. The molecule has 0 unspecified atom stereocenters. The highest BCUT2D eigenvalue weighted by atomic mass is 35.5. The molecule has 1 fully saturated rings. The van der Waals surface area contributed by atoms with Crippen LogP contribution >= 0.6 is 22.9 Å². The third-order valence-corrected chi connectivity index (χ3v) is 6.94. The number of benzene rings is 1. The number of morpholine rings is 1. The molecule has 2 aromatic rings. The quantitative estimate of drug-likeness (QED) is 0.329. The normalized spacial score (nSPS) is 14.8. The monoisotopic (exact) mass is 608 g/mol. The highest BCUT2D eigenvalue weighted by Gasteiger charge is 2.31. The lowest BCUT2D eigenvalue weighted by molar-refractivity contribution is -0.125. The summed E-state index contributed by atoms with van der Waals surface area (Å²) in [6, 6.07) is 5.59. The van der Waals surface area contributed by atoms with Gasteiger partial charge in [0.1, 0.15) is 12.6 Å². The molecule has 0 saturated carbocycles. The molecule has 9 nitrogen and oxygen atoms in total. The van der Waals surface area contributed by atoms with Gasteiger partial charge in [0.15, 0.2) is 5.75 Å². The summed E-state index contributed by atoms with van der Waals surface area (Å²) in [5.74, 6) is -2.33. The van der Waals surface area contributed by atoms with Crippen LogP contribution in [0.3, 0.4) is 0 Å². The van der Waals surface area contributed by atoms with Gasteiger partial charge >= 0.3 is 6.61 Å². The summed E-state index contributed by atoms with van der Waals surface area (Å²) in [6.07, 6.45) is -2.79. The van der Waals surface area contributed by atoms with E-state index in [1.54, 1.807) is 13.8 Å². The predicted octanol–water partition coefficient (Wildman–Crippen LogP) is 4.33. The van der Waals surface area contributed by atoms with Crippen molar-refractivity contribution in [1.29, 1.82) is 0 Å². The van der Waals surface area contributed by atoms with Crippen molar-refractivity contribution in [2.24, 2.45) is 5.92 Å². The van der Waals surface area contributed by atoms with Crippen LogP contribution in [0.25, 0.3) is 0 Å². The van der Waals surface area contributed by atoms with Crippen LogP contribution in [-0.2, 0) is 14.3 Å². The fourth-order valence-electron chi connectivity index (χ4n) is 4.06. The van der Waals surface area contributed by atoms with Gasteiger partial charge in [-0.3, -0.25) is 19.3 Å². The second-order valence-electron chi connectivity index (χ2n) is 9.21. The molecule has 2 heterocycles. The Kier molecular flexibility index (Phi) is 11.5. The number of rotatable bonds is 13. The van der Waals surface area contributed by atoms with Crippen molar-refractivity contribution in [3.8, 4) is 5.75 Å². The number of alkyl halides is 4. The van der Waals surface area contributed by atoms with Crippen LogP contribution in [0.5, 0.6) is 5.75 Å². The molecular formula is C25H29ClF4N4O5S. The topological polar surface area (TPSA) is 100 Å². The smallest absolute Gasteiger partial charge is 0.387 e. The average Bonchev–Trinajstić information content (AvgIpc) is 3.30. The van der Waals surface area contributed by atoms with Gasteiger partial charge < -0.3 is 25.0 Å². The zero-order valence-corrected chi connectivity index (χ0v) is 23.2. The van der Waals surface area contributed by atoms with E-state index in [9.17, 15) is 31.9 Å². The van der Waals surface area contributed by atoms with Gasteiger partial charge in [-0.05, 0) is 30.2 Å². The predicted molar refractivity (Wildman–Crippen MR) is 143 cm³/mol. The van der Waals surface area contributed by atoms with Gasteiger partial charge in [0.2, 0.25) is 5.91 Å². The largest absolute Gasteiger partial charge is 0.433 e. The minimum Gasteiger partial charge on any atom is -0.433 e. The second-order valence-corrected chi connectivity index (χ2v) is 10.9. The summed E-state index contributed by atoms with van der Waals surface area (Å²) < 4.78 is 63.6. The van der Waals surface area contributed by atoms with E-state index in [1.165, 1.54) is 40.1 Å². The average molecular weight is 609 g/mol. The van der Waals surface area contributed by atoms with Crippen molar-refractivity contribution in [3.63, 3.8) is 0 Å². The fraction of sp³-hybridized carbons (Fsp3) is 0.480. The molecule has 3 amide bonds. The molecular weight excluding hydrogens is 580 g/mol. The third kappa shape index (κ3) is 9.04. The standard InChI is InChI=1S/C25H29ClF4N4O5S/c1-14(2)11-33(12-21(27)28)17(10-31-24(37)19-5-6-20(26)40-19)23(36)32-16-4-3-15(9-18(16)39-25(29)30)34-7-8-38-13-22(34)35/h3-6,9,14,17,21,25H,7-8,10-13H2,1-2H3,(H,31,37)(H,32,36)/t17-/m0/s1. The number of hydrogen-bond acceptors (Lipinski definition) is 7. The minimum absolute atomic E-state index is 0.0849. The van der Waals surface area contributed by atoms with Crippen LogP contribution in [0.15, 0.2) is 30.3 Å². The Hall–Kier alpha value is -2.94. The molecule has 40 heavy (non-hydrogen) atoms. The zero-order chi connectivity index (χ0) is 29.4. The van der Waals surface area contributed by atoms with Crippen molar-refractivity contribution >= 4 is 52.0 Å². The molecule has 1 aromatic heterocycles. The van der Waals surface area contributed by atoms with Crippen LogP contribution in [0.4, 0.5) is 28.9 Å². The van der Waals surface area contributed by atoms with E-state index < -0.39 is 43.2 Å². The first-order chi connectivity index (χ1) is 18.9. The molecule has 0 radical (unpaired) electrons. The first-order valence-electron chi connectivity index (χ1n) is 12.3. The molecule has 0 spiro atoms. The van der Waals surface area contributed by atoms with Crippen molar-refractivity contribution in [3.05, 3.63) is 39.5 Å². The maximum absolute atomic E-state index is 13.5. The first-order valence-corrected chi connectivity index (χ1v) is 13.5. The molecule has 1 saturated heterocycles. The number of nitrogens with zero attached hydrogens (tertiary/aromatic N) is 2. The van der Waals surface area contributed by atoms with E-state index in [-0.39, 0.29) is 60.9 Å². The van der Waals surface area contributed by atoms with Crippen molar-refractivity contribution in [2.45, 2.75) is 32.9 Å². The number of thiophene rings is 1. The number of carbonyl (C=O) groups excluding carboxylic acids is 3. The Bertz CT molecular complexity index is 1180. The fourth-order valence-corrected chi connectivity index (χ4v) is 5.02. The molecule has 3 rings (SSSR count). The lowest BCUT2D eigenvalue weighted by Gasteiger charge is -2.32. The molecule has 220 valence electrons. The van der Waals surface area contributed by atoms with Gasteiger partial charge in [-0.2, -0.15) is 8.78 Å². The summed E-state index contributed by atoms with van der Waals surface area (Å²) in [7, 11) is 0. The van der Waals surface area contributed by atoms with E-state index in [0.29, 0.717) is 4.34 Å². The Morgan fingerprint density at radius 1 is 1.18 bits per heavy atom. The van der Waals surface area contributed by atoms with E-state index in [4.69, 9.17) is 16.3 Å². The summed E-state index contributed by atoms with van der Waals surface area (Å²) >= 11 is 6.89. The summed E-state index contributed by atoms with van der Waals surface area (Å²) in [5, 5.41) is 5.04. The lowest BCUT2D eigenvalue weighted by atomic mass is 10.1. The van der Waals surface area contributed by atoms with Crippen molar-refractivity contribution < 1.29 is 41.4 Å². The van der Waals surface area contributed by atoms with Gasteiger partial charge in [-0.25, -0.2) is 8.78 Å². The molecule has 2 N–H and O–H groups in total.